The Kier molecular flexibility index (Phi) is 32.4. The van der Waals surface area contributed by atoms with Gasteiger partial charge in [-0.05, 0) is 301 Å². The number of carbonyl (C=O) groups is 2. The van der Waals surface area contributed by atoms with Crippen LogP contribution in [0.25, 0.3) is 130 Å². The van der Waals surface area contributed by atoms with Crippen molar-refractivity contribution in [1.82, 2.24) is 19.9 Å². The number of esters is 2. The Hall–Kier alpha value is -14.6. The Morgan fingerprint density at radius 1 is 0.292 bits per heavy atom. The summed E-state index contributed by atoms with van der Waals surface area (Å²) in [7, 11) is 0. The second kappa shape index (κ2) is 47.5. The number of carbonyl (C=O) groups excluding carboxylic acids is 2. The van der Waals surface area contributed by atoms with Crippen LogP contribution in [-0.4, -0.2) is 84.5 Å². The van der Waals surface area contributed by atoms with Crippen LogP contribution < -0.4 is 21.1 Å². The molecule has 0 saturated heterocycles. The molecule has 144 heavy (non-hydrogen) atoms. The van der Waals surface area contributed by atoms with Crippen molar-refractivity contribution in [2.75, 3.05) is 62.4 Å². The number of pyridine rings is 4. The number of ether oxygens (including phenoxy) is 6. The number of hydrogen-bond acceptors (Lipinski definition) is 18. The molecule has 0 fully saturated rings. The summed E-state index contributed by atoms with van der Waals surface area (Å²) in [5.41, 5.74) is 13.8. The molecular formula is C126H122N6O12. The summed E-state index contributed by atoms with van der Waals surface area (Å²) in [5.74, 6) is -1.58. The molecule has 9 aromatic carbocycles. The molecule has 4 aliphatic rings. The first-order valence-electron chi connectivity index (χ1n) is 51.9. The van der Waals surface area contributed by atoms with Crippen LogP contribution in [0.15, 0.2) is 225 Å². The van der Waals surface area contributed by atoms with E-state index < -0.39 is 23.2 Å². The van der Waals surface area contributed by atoms with Gasteiger partial charge in [-0.3, -0.25) is 19.9 Å². The SMILES string of the molecule is CCCCCCOCc1cc2c#cc3cc(COC(=O)c4cc5cc6c7c(c5oc4=O)CCCN7CCC6)cc(c#cc4cc(COCCCCCC)cc(c4)c4ccc(nc4)c4ccc(cn4)c4cc(COCCCCCC)cc(c#cc5cc(COC(=O)c6cc7cc8c9c(c7oc6=O)CCCN9CCC8)cc(c#cc6cc(COCCCCCC)cc(c6)c6ccc(nc6)c6ccc(cn6)c(c1)c2)c5)c4)c3. The van der Waals surface area contributed by atoms with Crippen LogP contribution in [0.2, 0.25) is 0 Å². The van der Waals surface area contributed by atoms with E-state index in [1.54, 1.807) is 12.1 Å². The lowest BCUT2D eigenvalue weighted by atomic mass is 9.90. The minimum Gasteiger partial charge on any atom is -0.457 e. The maximum atomic E-state index is 14.4. The van der Waals surface area contributed by atoms with Crippen LogP contribution in [0, 0.1) is 48.5 Å². The first kappa shape index (κ1) is 98.2. The van der Waals surface area contributed by atoms with Crippen LogP contribution >= 0.6 is 0 Å². The molecular weight excluding hydrogens is 1790 g/mol. The summed E-state index contributed by atoms with van der Waals surface area (Å²) in [5, 5.41) is 14.0. The summed E-state index contributed by atoms with van der Waals surface area (Å²) >= 11 is 0. The fraction of sp³-hybridized carbons (Fsp3) is 0.333. The highest BCUT2D eigenvalue weighted by molar-refractivity contribution is 5.99. The molecule has 0 amide bonds. The highest BCUT2D eigenvalue weighted by Crippen LogP contribution is 2.42. The summed E-state index contributed by atoms with van der Waals surface area (Å²) in [4.78, 5) is 82.0. The Morgan fingerprint density at radius 2 is 0.562 bits per heavy atom. The molecule has 21 aromatic rings. The quantitative estimate of drug-likeness (QED) is 0.0209. The number of unbranched alkanes of at least 4 members (excludes halogenated alkanes) is 12. The fourth-order valence-corrected chi connectivity index (χ4v) is 20.3. The monoisotopic (exact) mass is 1910 g/mol. The molecule has 18 heteroatoms. The second-order valence-corrected chi connectivity index (χ2v) is 38.7. The predicted molar refractivity (Wildman–Crippen MR) is 576 cm³/mol. The fourth-order valence-electron chi connectivity index (χ4n) is 20.3. The Balaban J connectivity index is 0.745. The van der Waals surface area contributed by atoms with Crippen LogP contribution in [-0.2, 0) is 93.7 Å². The summed E-state index contributed by atoms with van der Waals surface area (Å²) in [6.07, 6.45) is 32.1. The molecule has 12 aromatic heterocycles. The van der Waals surface area contributed by atoms with Gasteiger partial charge in [0.2, 0.25) is 0 Å². The number of rotatable bonds is 34. The van der Waals surface area contributed by atoms with Gasteiger partial charge in [-0.2, -0.15) is 0 Å². The molecule has 0 unspecified atom stereocenters. The lowest BCUT2D eigenvalue weighted by Gasteiger charge is -2.37. The van der Waals surface area contributed by atoms with Crippen molar-refractivity contribution in [1.29, 1.82) is 0 Å². The van der Waals surface area contributed by atoms with Gasteiger partial charge in [-0.1, -0.05) is 178 Å². The third kappa shape index (κ3) is 24.6. The molecule has 25 rings (SSSR count). The van der Waals surface area contributed by atoms with E-state index in [-0.39, 0.29) is 24.3 Å². The lowest BCUT2D eigenvalue weighted by molar-refractivity contribution is 0.0459. The molecule has 0 N–H and O–H groups in total. The topological polar surface area (TPSA) is 208 Å². The molecule has 728 valence electrons. The maximum Gasteiger partial charge on any atom is 0.351 e. The largest absolute Gasteiger partial charge is 0.457 e. The molecule has 0 radical (unpaired) electrons. The minimum absolute atomic E-state index is 0.167. The van der Waals surface area contributed by atoms with Gasteiger partial charge in [0, 0.05) is 175 Å². The van der Waals surface area contributed by atoms with Crippen LogP contribution in [0.3, 0.4) is 0 Å². The second-order valence-electron chi connectivity index (χ2n) is 38.7. The van der Waals surface area contributed by atoms with Crippen LogP contribution in [0.4, 0.5) is 11.4 Å². The lowest BCUT2D eigenvalue weighted by Crippen LogP contribution is -2.34. The number of benzene rings is 8. The minimum atomic E-state index is -0.791. The van der Waals surface area contributed by atoms with E-state index in [0.29, 0.717) is 130 Å². The third-order valence-corrected chi connectivity index (χ3v) is 27.5. The molecule has 20 bridgehead atoms. The van der Waals surface area contributed by atoms with E-state index in [1.165, 1.54) is 22.5 Å². The Morgan fingerprint density at radius 3 is 0.833 bits per heavy atom. The van der Waals surface area contributed by atoms with Crippen LogP contribution in [0.1, 0.15) is 232 Å². The average molecular weight is 1910 g/mol. The zero-order valence-corrected chi connectivity index (χ0v) is 83.1. The van der Waals surface area contributed by atoms with E-state index in [1.807, 2.05) is 85.5 Å². The van der Waals surface area contributed by atoms with E-state index in [4.69, 9.17) is 57.2 Å². The van der Waals surface area contributed by atoms with Gasteiger partial charge < -0.3 is 47.1 Å². The first-order valence-corrected chi connectivity index (χ1v) is 51.9. The third-order valence-electron chi connectivity index (χ3n) is 27.5. The van der Waals surface area contributed by atoms with Crippen molar-refractivity contribution in [3.63, 3.8) is 0 Å². The smallest absolute Gasteiger partial charge is 0.351 e. The summed E-state index contributed by atoms with van der Waals surface area (Å²) < 4.78 is 50.1. The predicted octanol–water partition coefficient (Wildman–Crippen LogP) is 28.1. The number of aromatic nitrogens is 4. The average Bonchev–Trinajstić information content (AvgIpc) is 0.745. The van der Waals surface area contributed by atoms with Gasteiger partial charge in [0.1, 0.15) is 35.5 Å². The van der Waals surface area contributed by atoms with Crippen molar-refractivity contribution in [3.05, 3.63) is 343 Å². The van der Waals surface area contributed by atoms with Gasteiger partial charge in [-0.15, -0.1) is 0 Å². The zero-order chi connectivity index (χ0) is 98.5. The Bertz CT molecular complexity index is 7050. The van der Waals surface area contributed by atoms with Crippen LogP contribution in [0.5, 0.6) is 0 Å². The highest BCUT2D eigenvalue weighted by atomic mass is 16.5. The molecule has 0 aliphatic carbocycles. The number of aryl methyl sites for hydroxylation is 4. The van der Waals surface area contributed by atoms with Gasteiger partial charge >= 0.3 is 23.2 Å². The van der Waals surface area contributed by atoms with Gasteiger partial charge in [0.15, 0.2) is 0 Å². The highest BCUT2D eigenvalue weighted by Gasteiger charge is 2.31. The van der Waals surface area contributed by atoms with Crippen molar-refractivity contribution in [2.24, 2.45) is 0 Å². The van der Waals surface area contributed by atoms with E-state index in [9.17, 15) is 19.2 Å². The molecule has 0 spiro atoms. The Labute approximate surface area is 841 Å². The number of hydrogen-bond donors (Lipinski definition) is 0. The molecule has 18 nitrogen and oxygen atoms in total. The van der Waals surface area contributed by atoms with Crippen molar-refractivity contribution < 1.29 is 46.8 Å². The zero-order valence-electron chi connectivity index (χ0n) is 83.1. The number of anilines is 2. The number of fused-ring (bicyclic) bond motifs is 4. The van der Waals surface area contributed by atoms with E-state index in [0.717, 1.165) is 278 Å². The normalized spacial score (nSPS) is 12.9. The summed E-state index contributed by atoms with van der Waals surface area (Å²) in [6, 6.07) is 88.4. The van der Waals surface area contributed by atoms with Crippen molar-refractivity contribution in [2.45, 2.75) is 221 Å². The van der Waals surface area contributed by atoms with E-state index in [2.05, 4.69) is 195 Å². The van der Waals surface area contributed by atoms with Gasteiger partial charge in [0.25, 0.3) is 0 Å². The van der Waals surface area contributed by atoms with E-state index >= 15 is 0 Å². The van der Waals surface area contributed by atoms with Crippen molar-refractivity contribution in [3.8, 4) is 0 Å². The molecule has 0 atom stereocenters. The molecule has 16 heterocycles. The number of nitrogens with zero attached hydrogens (tertiary/aromatic N) is 6. The van der Waals surface area contributed by atoms with Gasteiger partial charge in [0.05, 0.1) is 48.5 Å². The molecule has 4 aliphatic heterocycles. The summed E-state index contributed by atoms with van der Waals surface area (Å²) in [6.45, 7) is 16.3. The molecule has 0 saturated carbocycles. The standard InChI is InChI=1S/C126H122N6O12/c1-5-9-13-17-49-137-79-95-59-89-33-29-85-53-86(56-93(55-85)83-141-123(133)113-73-109-71-99-25-21-45-131-47-23-27-111(119(99)131)121(109)143-125(113)135)30-34-90-60-96(80-138-50-18-14-10-6-2)69-107(64-90)103-39-43-117(129-77-103)118-44-40-104(78-130-118)108-66-92(62-98(70-108)82-140-52-20-16-12-8-4)36-32-88-54-87(57-94(58-88)84-142-124(134)114-74-110-72-100-26-22-46-132-48-24-28-112(120(100)132)122(110)144-126(114)136)31-35-91-61-97(81-139-51-19-15-11-7-3)68-106(65-91)102-38-42-116(128-76-102)115-41-37-101(75-127-115)105(63-89)67-95/h37-44,53-78H,5-28,45-52,79-84H2,1-4H3. The van der Waals surface area contributed by atoms with Gasteiger partial charge in [-0.25, -0.2) is 19.2 Å². The first-order chi connectivity index (χ1) is 70.7. The maximum absolute atomic E-state index is 14.4. The van der Waals surface area contributed by atoms with Crippen molar-refractivity contribution >= 4 is 153 Å².